The molecule has 1 aliphatic carbocycles. The highest BCUT2D eigenvalue weighted by molar-refractivity contribution is 7.89. The summed E-state index contributed by atoms with van der Waals surface area (Å²) in [6.07, 6.45) is 1.95. The van der Waals surface area contributed by atoms with Crippen molar-refractivity contribution in [1.29, 1.82) is 0 Å². The Bertz CT molecular complexity index is 808. The Hall–Kier alpha value is -1.48. The third kappa shape index (κ3) is 2.87. The molecule has 0 aromatic heterocycles. The van der Waals surface area contributed by atoms with Crippen molar-refractivity contribution in [2.45, 2.75) is 42.3 Å². The largest absolute Gasteiger partial charge is 0.376 e. The fraction of sp³-hybridized carbons (Fsp3) is 0.588. The summed E-state index contributed by atoms with van der Waals surface area (Å²) < 4.78 is 34.4. The molecule has 0 radical (unpaired) electrons. The van der Waals surface area contributed by atoms with Crippen LogP contribution < -0.4 is 10.0 Å². The predicted octanol–water partition coefficient (Wildman–Crippen LogP) is 0.567. The zero-order chi connectivity index (χ0) is 17.8. The number of hydrogen-bond acceptors (Lipinski definition) is 5. The van der Waals surface area contributed by atoms with Gasteiger partial charge >= 0.3 is 0 Å². The Morgan fingerprint density at radius 3 is 2.84 bits per heavy atom. The first-order valence-corrected chi connectivity index (χ1v) is 10.1. The second-order valence-corrected chi connectivity index (χ2v) is 8.97. The number of hydrogen-bond donors (Lipinski definition) is 2. The molecule has 25 heavy (non-hydrogen) atoms. The molecule has 1 aromatic rings. The Morgan fingerprint density at radius 2 is 2.08 bits per heavy atom. The van der Waals surface area contributed by atoms with E-state index in [1.807, 2.05) is 19.0 Å². The maximum Gasteiger partial charge on any atom is 0.240 e. The fourth-order valence-electron chi connectivity index (χ4n) is 4.22. The van der Waals surface area contributed by atoms with Crippen LogP contribution in [0.4, 0.5) is 5.69 Å². The number of aryl methyl sites for hydroxylation is 1. The minimum atomic E-state index is -3.62. The molecule has 2 heterocycles. The fourth-order valence-corrected chi connectivity index (χ4v) is 5.58. The molecule has 1 aromatic carbocycles. The summed E-state index contributed by atoms with van der Waals surface area (Å²) in [5, 5.41) is 2.78. The standard InChI is InChI=1S/C17H23N3O4S/c1-20(2)16-15(12-7-8-24-17(12)16)19-25(22,23)11-4-5-13-10(9-11)3-6-14(21)18-13/h4-5,9,12,15-17,19H,3,6-8H2,1-2H3,(H,18,21)/t12-,15+,16-,17-/m1/s1. The summed E-state index contributed by atoms with van der Waals surface area (Å²) in [6.45, 7) is 0.691. The van der Waals surface area contributed by atoms with Gasteiger partial charge in [0.25, 0.3) is 0 Å². The summed E-state index contributed by atoms with van der Waals surface area (Å²) in [6, 6.07) is 4.82. The zero-order valence-electron chi connectivity index (χ0n) is 14.4. The summed E-state index contributed by atoms with van der Waals surface area (Å²) >= 11 is 0. The lowest BCUT2D eigenvalue weighted by Crippen LogP contribution is -2.69. The van der Waals surface area contributed by atoms with E-state index in [-0.39, 0.29) is 34.9 Å². The van der Waals surface area contributed by atoms with E-state index in [2.05, 4.69) is 10.0 Å². The van der Waals surface area contributed by atoms with Gasteiger partial charge in [-0.2, -0.15) is 0 Å². The topological polar surface area (TPSA) is 87.7 Å². The number of carbonyl (C=O) groups is 1. The average molecular weight is 365 g/mol. The molecule has 2 N–H and O–H groups in total. The maximum absolute atomic E-state index is 12.9. The summed E-state index contributed by atoms with van der Waals surface area (Å²) in [5.74, 6) is 0.205. The molecule has 7 nitrogen and oxygen atoms in total. The van der Waals surface area contributed by atoms with Crippen LogP contribution in [-0.4, -0.2) is 58.1 Å². The second kappa shape index (κ2) is 6.05. The number of amides is 1. The van der Waals surface area contributed by atoms with E-state index in [1.165, 1.54) is 0 Å². The molecule has 2 aliphatic heterocycles. The van der Waals surface area contributed by atoms with Crippen molar-refractivity contribution in [3.05, 3.63) is 23.8 Å². The Balaban J connectivity index is 1.57. The molecule has 0 spiro atoms. The maximum atomic E-state index is 12.9. The lowest BCUT2D eigenvalue weighted by atomic mass is 9.71. The van der Waals surface area contributed by atoms with Gasteiger partial charge in [-0.25, -0.2) is 13.1 Å². The molecular weight excluding hydrogens is 342 g/mol. The quantitative estimate of drug-likeness (QED) is 0.814. The third-order valence-corrected chi connectivity index (χ3v) is 6.98. The lowest BCUT2D eigenvalue weighted by Gasteiger charge is -2.50. The van der Waals surface area contributed by atoms with Crippen LogP contribution in [0.5, 0.6) is 0 Å². The van der Waals surface area contributed by atoms with Crippen LogP contribution in [0.1, 0.15) is 18.4 Å². The predicted molar refractivity (Wildman–Crippen MR) is 92.8 cm³/mol. The highest BCUT2D eigenvalue weighted by Crippen LogP contribution is 2.41. The molecule has 2 fully saturated rings. The molecule has 1 saturated carbocycles. The first-order chi connectivity index (χ1) is 11.9. The summed E-state index contributed by atoms with van der Waals surface area (Å²) in [5.41, 5.74) is 1.57. The smallest absolute Gasteiger partial charge is 0.240 e. The third-order valence-electron chi connectivity index (χ3n) is 5.52. The van der Waals surface area contributed by atoms with Gasteiger partial charge in [0.15, 0.2) is 0 Å². The van der Waals surface area contributed by atoms with Gasteiger partial charge in [-0.05, 0) is 50.7 Å². The van der Waals surface area contributed by atoms with Crippen molar-refractivity contribution in [1.82, 2.24) is 9.62 Å². The molecule has 1 saturated heterocycles. The summed E-state index contributed by atoms with van der Waals surface area (Å²) in [4.78, 5) is 13.7. The number of nitrogens with zero attached hydrogens (tertiary/aromatic N) is 1. The van der Waals surface area contributed by atoms with Gasteiger partial charge in [-0.1, -0.05) is 0 Å². The van der Waals surface area contributed by atoms with Gasteiger partial charge < -0.3 is 15.0 Å². The van der Waals surface area contributed by atoms with E-state index >= 15 is 0 Å². The number of anilines is 1. The molecule has 1 amide bonds. The number of benzene rings is 1. The molecule has 4 atom stereocenters. The number of likely N-dealkylation sites (N-methyl/N-ethyl adjacent to an activating group) is 1. The average Bonchev–Trinajstić information content (AvgIpc) is 2.95. The van der Waals surface area contributed by atoms with E-state index in [0.717, 1.165) is 12.0 Å². The molecule has 3 aliphatic rings. The molecular formula is C17H23N3O4S. The van der Waals surface area contributed by atoms with Gasteiger partial charge in [0.1, 0.15) is 0 Å². The van der Waals surface area contributed by atoms with Crippen molar-refractivity contribution in [3.8, 4) is 0 Å². The van der Waals surface area contributed by atoms with Crippen molar-refractivity contribution in [2.24, 2.45) is 5.92 Å². The lowest BCUT2D eigenvalue weighted by molar-refractivity contribution is -0.116. The van der Waals surface area contributed by atoms with Crippen LogP contribution >= 0.6 is 0 Å². The van der Waals surface area contributed by atoms with Crippen molar-refractivity contribution < 1.29 is 17.9 Å². The monoisotopic (exact) mass is 365 g/mol. The Morgan fingerprint density at radius 1 is 1.28 bits per heavy atom. The highest BCUT2D eigenvalue weighted by atomic mass is 32.2. The van der Waals surface area contributed by atoms with Crippen LogP contribution in [0.25, 0.3) is 0 Å². The Labute approximate surface area is 147 Å². The van der Waals surface area contributed by atoms with Gasteiger partial charge in [-0.15, -0.1) is 0 Å². The van der Waals surface area contributed by atoms with E-state index in [9.17, 15) is 13.2 Å². The van der Waals surface area contributed by atoms with Gasteiger partial charge in [0, 0.05) is 30.7 Å². The second-order valence-electron chi connectivity index (χ2n) is 7.26. The van der Waals surface area contributed by atoms with Crippen molar-refractivity contribution in [3.63, 3.8) is 0 Å². The Kier molecular flexibility index (Phi) is 4.10. The first kappa shape index (κ1) is 17.0. The number of ether oxygens (including phenoxy) is 1. The SMILES string of the molecule is CN(C)[C@@H]1[C@@H](NS(=O)(=O)c2ccc3c(c2)CCC(=O)N3)[C@H]2CCO[C@H]21. The van der Waals surface area contributed by atoms with E-state index < -0.39 is 10.0 Å². The van der Waals surface area contributed by atoms with Gasteiger partial charge in [0.2, 0.25) is 15.9 Å². The minimum Gasteiger partial charge on any atom is -0.376 e. The van der Waals surface area contributed by atoms with Gasteiger partial charge in [-0.3, -0.25) is 4.79 Å². The van der Waals surface area contributed by atoms with Gasteiger partial charge in [0.05, 0.1) is 17.0 Å². The normalized spacial score (nSPS) is 31.2. The van der Waals surface area contributed by atoms with Crippen LogP contribution in [0.3, 0.4) is 0 Å². The molecule has 0 bridgehead atoms. The van der Waals surface area contributed by atoms with Crippen LogP contribution in [0, 0.1) is 5.92 Å². The number of nitrogens with one attached hydrogen (secondary N) is 2. The van der Waals surface area contributed by atoms with Crippen molar-refractivity contribution >= 4 is 21.6 Å². The molecule has 4 rings (SSSR count). The number of sulfonamides is 1. The van der Waals surface area contributed by atoms with Crippen LogP contribution in [0.15, 0.2) is 23.1 Å². The number of fused-ring (bicyclic) bond motifs is 2. The van der Waals surface area contributed by atoms with Crippen LogP contribution in [-0.2, 0) is 26.0 Å². The first-order valence-electron chi connectivity index (χ1n) is 8.60. The van der Waals surface area contributed by atoms with E-state index in [1.54, 1.807) is 18.2 Å². The summed E-state index contributed by atoms with van der Waals surface area (Å²) in [7, 11) is 0.282. The van der Waals surface area contributed by atoms with E-state index in [4.69, 9.17) is 4.74 Å². The molecule has 136 valence electrons. The zero-order valence-corrected chi connectivity index (χ0v) is 15.2. The number of rotatable bonds is 4. The van der Waals surface area contributed by atoms with Crippen molar-refractivity contribution in [2.75, 3.05) is 26.0 Å². The molecule has 8 heteroatoms. The van der Waals surface area contributed by atoms with Crippen LogP contribution in [0.2, 0.25) is 0 Å². The highest BCUT2D eigenvalue weighted by Gasteiger charge is 2.56. The number of carbonyl (C=O) groups excluding carboxylic acids is 1. The van der Waals surface area contributed by atoms with E-state index in [0.29, 0.717) is 25.1 Å². The minimum absolute atomic E-state index is 0.0307. The molecule has 0 unspecified atom stereocenters.